The maximum absolute atomic E-state index is 13.0. The third kappa shape index (κ3) is 4.82. The number of nitrogens with zero attached hydrogens (tertiary/aromatic N) is 5. The fraction of sp³-hybridized carbons (Fsp3) is 0.381. The zero-order chi connectivity index (χ0) is 21.1. The SMILES string of the molecule is Cc1cc(C)nc(SCc2c(C(=O)NC3CCCC3)nnn2-c2ccc(Cl)cc2)n1. The summed E-state index contributed by atoms with van der Waals surface area (Å²) in [4.78, 5) is 21.9. The van der Waals surface area contributed by atoms with Crippen LogP contribution in [0.25, 0.3) is 5.69 Å². The molecule has 0 bridgehead atoms. The van der Waals surface area contributed by atoms with Crippen molar-refractivity contribution in [1.82, 2.24) is 30.3 Å². The summed E-state index contributed by atoms with van der Waals surface area (Å²) >= 11 is 7.49. The number of aromatic nitrogens is 5. The highest BCUT2D eigenvalue weighted by molar-refractivity contribution is 7.98. The molecule has 1 amide bonds. The van der Waals surface area contributed by atoms with Crippen LogP contribution in [0.4, 0.5) is 0 Å². The summed E-state index contributed by atoms with van der Waals surface area (Å²) in [7, 11) is 0. The third-order valence-electron chi connectivity index (χ3n) is 5.04. The molecule has 2 aromatic heterocycles. The van der Waals surface area contributed by atoms with Crippen LogP contribution in [0.2, 0.25) is 5.02 Å². The molecule has 0 unspecified atom stereocenters. The highest BCUT2D eigenvalue weighted by atomic mass is 35.5. The molecule has 1 aliphatic rings. The highest BCUT2D eigenvalue weighted by Gasteiger charge is 2.24. The van der Waals surface area contributed by atoms with Gasteiger partial charge in [-0.05, 0) is 57.0 Å². The van der Waals surface area contributed by atoms with Crippen molar-refractivity contribution in [1.29, 1.82) is 0 Å². The average Bonchev–Trinajstić information content (AvgIpc) is 3.36. The molecule has 9 heteroatoms. The summed E-state index contributed by atoms with van der Waals surface area (Å²) < 4.78 is 1.69. The zero-order valence-corrected chi connectivity index (χ0v) is 18.5. The largest absolute Gasteiger partial charge is 0.348 e. The van der Waals surface area contributed by atoms with Crippen molar-refractivity contribution < 1.29 is 4.79 Å². The van der Waals surface area contributed by atoms with E-state index in [2.05, 4.69) is 25.6 Å². The van der Waals surface area contributed by atoms with E-state index in [1.54, 1.807) is 16.8 Å². The van der Waals surface area contributed by atoms with E-state index in [-0.39, 0.29) is 11.9 Å². The second-order valence-corrected chi connectivity index (χ2v) is 8.83. The van der Waals surface area contributed by atoms with Gasteiger partial charge in [0.1, 0.15) is 0 Å². The lowest BCUT2D eigenvalue weighted by atomic mass is 10.2. The third-order valence-corrected chi connectivity index (χ3v) is 6.15. The molecule has 1 aliphatic carbocycles. The van der Waals surface area contributed by atoms with Crippen LogP contribution >= 0.6 is 23.4 Å². The predicted octanol–water partition coefficient (Wildman–Crippen LogP) is 4.29. The van der Waals surface area contributed by atoms with Crippen LogP contribution in [0.5, 0.6) is 0 Å². The van der Waals surface area contributed by atoms with E-state index in [0.29, 0.717) is 27.3 Å². The number of aryl methyl sites for hydroxylation is 2. The Labute approximate surface area is 184 Å². The van der Waals surface area contributed by atoms with Crippen LogP contribution in [0.1, 0.15) is 53.3 Å². The molecule has 1 saturated carbocycles. The Morgan fingerprint density at radius 1 is 1.17 bits per heavy atom. The number of carbonyl (C=O) groups excluding carboxylic acids is 1. The molecule has 7 nitrogen and oxygen atoms in total. The molecule has 3 aromatic rings. The van der Waals surface area contributed by atoms with Gasteiger partial charge in [0.15, 0.2) is 10.9 Å². The van der Waals surface area contributed by atoms with Crippen molar-refractivity contribution in [2.45, 2.75) is 56.5 Å². The highest BCUT2D eigenvalue weighted by Crippen LogP contribution is 2.25. The fourth-order valence-electron chi connectivity index (χ4n) is 3.61. The summed E-state index contributed by atoms with van der Waals surface area (Å²) in [5.74, 6) is 0.283. The van der Waals surface area contributed by atoms with Crippen molar-refractivity contribution in [2.24, 2.45) is 0 Å². The van der Waals surface area contributed by atoms with Gasteiger partial charge in [-0.1, -0.05) is 41.4 Å². The van der Waals surface area contributed by atoms with Gasteiger partial charge in [0.25, 0.3) is 5.91 Å². The molecule has 0 saturated heterocycles. The minimum Gasteiger partial charge on any atom is -0.348 e. The zero-order valence-electron chi connectivity index (χ0n) is 16.9. The number of benzene rings is 1. The summed E-state index contributed by atoms with van der Waals surface area (Å²) in [5.41, 5.74) is 3.67. The first-order valence-corrected chi connectivity index (χ1v) is 11.3. The summed E-state index contributed by atoms with van der Waals surface area (Å²) in [6.07, 6.45) is 4.32. The Kier molecular flexibility index (Phi) is 6.34. The van der Waals surface area contributed by atoms with E-state index in [1.807, 2.05) is 32.0 Å². The first-order chi connectivity index (χ1) is 14.5. The number of thioether (sulfide) groups is 1. The average molecular weight is 443 g/mol. The van der Waals surface area contributed by atoms with Gasteiger partial charge < -0.3 is 5.32 Å². The molecule has 30 heavy (non-hydrogen) atoms. The van der Waals surface area contributed by atoms with E-state index in [9.17, 15) is 4.79 Å². The summed E-state index contributed by atoms with van der Waals surface area (Å²) in [5, 5.41) is 12.9. The van der Waals surface area contributed by atoms with Gasteiger partial charge in [0.2, 0.25) is 0 Å². The molecule has 1 aromatic carbocycles. The van der Waals surface area contributed by atoms with E-state index in [1.165, 1.54) is 11.8 Å². The number of halogens is 1. The molecule has 0 radical (unpaired) electrons. The number of rotatable bonds is 6. The van der Waals surface area contributed by atoms with Crippen LogP contribution in [-0.4, -0.2) is 36.9 Å². The van der Waals surface area contributed by atoms with Crippen molar-refractivity contribution in [3.05, 3.63) is 58.1 Å². The van der Waals surface area contributed by atoms with Gasteiger partial charge in [0, 0.05) is 28.2 Å². The topological polar surface area (TPSA) is 85.6 Å². The molecule has 0 atom stereocenters. The van der Waals surface area contributed by atoms with Crippen molar-refractivity contribution >= 4 is 29.3 Å². The lowest BCUT2D eigenvalue weighted by Gasteiger charge is -2.12. The number of carbonyl (C=O) groups is 1. The lowest BCUT2D eigenvalue weighted by molar-refractivity contribution is 0.0932. The van der Waals surface area contributed by atoms with Crippen LogP contribution in [0, 0.1) is 13.8 Å². The molecule has 0 spiro atoms. The fourth-order valence-corrected chi connectivity index (χ4v) is 4.68. The molecule has 1 fully saturated rings. The lowest BCUT2D eigenvalue weighted by Crippen LogP contribution is -2.33. The van der Waals surface area contributed by atoms with E-state index in [4.69, 9.17) is 11.6 Å². The smallest absolute Gasteiger partial charge is 0.274 e. The number of nitrogens with one attached hydrogen (secondary N) is 1. The number of hydrogen-bond donors (Lipinski definition) is 1. The van der Waals surface area contributed by atoms with Gasteiger partial charge in [-0.25, -0.2) is 14.6 Å². The van der Waals surface area contributed by atoms with Gasteiger partial charge in [0.05, 0.1) is 11.4 Å². The number of amides is 1. The first kappa shape index (κ1) is 20.8. The van der Waals surface area contributed by atoms with E-state index >= 15 is 0 Å². The van der Waals surface area contributed by atoms with Gasteiger partial charge >= 0.3 is 0 Å². The predicted molar refractivity (Wildman–Crippen MR) is 117 cm³/mol. The number of hydrogen-bond acceptors (Lipinski definition) is 6. The molecular formula is C21H23ClN6OS. The maximum Gasteiger partial charge on any atom is 0.274 e. The Balaban J connectivity index is 1.64. The maximum atomic E-state index is 13.0. The van der Waals surface area contributed by atoms with Crippen LogP contribution in [0.3, 0.4) is 0 Å². The van der Waals surface area contributed by atoms with Gasteiger partial charge in [-0.15, -0.1) is 5.10 Å². The first-order valence-electron chi connectivity index (χ1n) is 9.96. The Bertz CT molecular complexity index is 1030. The van der Waals surface area contributed by atoms with Crippen molar-refractivity contribution in [3.8, 4) is 5.69 Å². The van der Waals surface area contributed by atoms with Gasteiger partial charge in [-0.3, -0.25) is 4.79 Å². The molecule has 156 valence electrons. The molecule has 2 heterocycles. The second kappa shape index (κ2) is 9.14. The standard InChI is InChI=1S/C21H23ClN6OS/c1-13-11-14(2)24-21(23-13)30-12-18-19(20(29)25-16-5-3-4-6-16)26-27-28(18)17-9-7-15(22)8-10-17/h7-11,16H,3-6,12H2,1-2H3,(H,25,29). The Hall–Kier alpha value is -2.45. The van der Waals surface area contributed by atoms with Crippen molar-refractivity contribution in [2.75, 3.05) is 0 Å². The molecular weight excluding hydrogens is 420 g/mol. The van der Waals surface area contributed by atoms with Crippen LogP contribution in [-0.2, 0) is 5.75 Å². The monoisotopic (exact) mass is 442 g/mol. The quantitative estimate of drug-likeness (QED) is 0.452. The second-order valence-electron chi connectivity index (χ2n) is 7.45. The Morgan fingerprint density at radius 3 is 2.50 bits per heavy atom. The minimum absolute atomic E-state index is 0.181. The summed E-state index contributed by atoms with van der Waals surface area (Å²) in [6, 6.07) is 9.45. The van der Waals surface area contributed by atoms with Crippen LogP contribution < -0.4 is 5.32 Å². The molecule has 0 aliphatic heterocycles. The van der Waals surface area contributed by atoms with E-state index in [0.717, 1.165) is 42.8 Å². The Morgan fingerprint density at radius 2 is 1.83 bits per heavy atom. The van der Waals surface area contributed by atoms with Crippen molar-refractivity contribution in [3.63, 3.8) is 0 Å². The normalized spacial score (nSPS) is 14.2. The molecule has 1 N–H and O–H groups in total. The van der Waals surface area contributed by atoms with Crippen LogP contribution in [0.15, 0.2) is 35.5 Å². The van der Waals surface area contributed by atoms with E-state index < -0.39 is 0 Å². The van der Waals surface area contributed by atoms with Gasteiger partial charge in [-0.2, -0.15) is 0 Å². The minimum atomic E-state index is -0.181. The summed E-state index contributed by atoms with van der Waals surface area (Å²) in [6.45, 7) is 3.89. The molecule has 4 rings (SSSR count).